The summed E-state index contributed by atoms with van der Waals surface area (Å²) in [7, 11) is 0. The summed E-state index contributed by atoms with van der Waals surface area (Å²) < 4.78 is 0. The number of hydrogen-bond acceptors (Lipinski definition) is 2. The second-order valence-corrected chi connectivity index (χ2v) is 7.77. The van der Waals surface area contributed by atoms with Gasteiger partial charge in [-0.1, -0.05) is 25.7 Å². The van der Waals surface area contributed by atoms with E-state index in [0.29, 0.717) is 0 Å². The molecule has 98 valence electrons. The summed E-state index contributed by atoms with van der Waals surface area (Å²) in [6.07, 6.45) is 13.4. The van der Waals surface area contributed by atoms with Crippen molar-refractivity contribution in [2.75, 3.05) is 12.3 Å². The van der Waals surface area contributed by atoms with Crippen LogP contribution in [0.15, 0.2) is 0 Å². The van der Waals surface area contributed by atoms with E-state index in [2.05, 4.69) is 17.1 Å². The van der Waals surface area contributed by atoms with Crippen LogP contribution in [0.5, 0.6) is 0 Å². The molecule has 0 aromatic carbocycles. The highest BCUT2D eigenvalue weighted by molar-refractivity contribution is 8.00. The molecule has 0 radical (unpaired) electrons. The third-order valence-corrected chi connectivity index (χ3v) is 6.60. The van der Waals surface area contributed by atoms with Crippen molar-refractivity contribution in [1.29, 1.82) is 0 Å². The number of thioether (sulfide) groups is 1. The van der Waals surface area contributed by atoms with E-state index in [-0.39, 0.29) is 0 Å². The van der Waals surface area contributed by atoms with E-state index >= 15 is 0 Å². The monoisotopic (exact) mass is 253 g/mol. The van der Waals surface area contributed by atoms with Gasteiger partial charge in [0.25, 0.3) is 0 Å². The van der Waals surface area contributed by atoms with Crippen LogP contribution in [0.2, 0.25) is 0 Å². The van der Waals surface area contributed by atoms with Gasteiger partial charge in [-0.2, -0.15) is 11.8 Å². The van der Waals surface area contributed by atoms with E-state index in [1.165, 1.54) is 70.1 Å². The highest BCUT2D eigenvalue weighted by atomic mass is 32.2. The lowest BCUT2D eigenvalue weighted by Crippen LogP contribution is -2.40. The fourth-order valence-electron chi connectivity index (χ4n) is 4.16. The van der Waals surface area contributed by atoms with E-state index in [9.17, 15) is 0 Å². The van der Waals surface area contributed by atoms with Crippen molar-refractivity contribution in [3.05, 3.63) is 0 Å². The standard InChI is InChI=1S/C15H27NS/c1-2-5-13-10-14(8-7-12(13)4-1)16-11-15-6-3-9-17-15/h12-16H,1-11H2. The summed E-state index contributed by atoms with van der Waals surface area (Å²) in [6, 6.07) is 0.857. The lowest BCUT2D eigenvalue weighted by Gasteiger charge is -2.39. The minimum absolute atomic E-state index is 0.857. The Morgan fingerprint density at radius 1 is 0.882 bits per heavy atom. The molecule has 1 N–H and O–H groups in total. The lowest BCUT2D eigenvalue weighted by molar-refractivity contribution is 0.144. The van der Waals surface area contributed by atoms with Crippen molar-refractivity contribution in [3.8, 4) is 0 Å². The van der Waals surface area contributed by atoms with Gasteiger partial charge in [-0.05, 0) is 49.7 Å². The number of rotatable bonds is 3. The molecular formula is C15H27NS. The van der Waals surface area contributed by atoms with Gasteiger partial charge >= 0.3 is 0 Å². The van der Waals surface area contributed by atoms with Gasteiger partial charge < -0.3 is 5.32 Å². The van der Waals surface area contributed by atoms with Crippen LogP contribution < -0.4 is 5.32 Å². The molecule has 0 amide bonds. The maximum atomic E-state index is 3.88. The fourth-order valence-corrected chi connectivity index (χ4v) is 5.38. The Bertz CT molecular complexity index is 237. The predicted octanol–water partition coefficient (Wildman–Crippen LogP) is 3.83. The molecule has 2 aliphatic carbocycles. The van der Waals surface area contributed by atoms with Crippen molar-refractivity contribution in [2.45, 2.75) is 69.1 Å². The zero-order chi connectivity index (χ0) is 11.5. The van der Waals surface area contributed by atoms with E-state index in [0.717, 1.165) is 23.1 Å². The molecule has 1 nitrogen and oxygen atoms in total. The van der Waals surface area contributed by atoms with Gasteiger partial charge in [0.15, 0.2) is 0 Å². The molecule has 3 aliphatic rings. The maximum absolute atomic E-state index is 3.88. The third-order valence-electron chi connectivity index (χ3n) is 5.20. The Balaban J connectivity index is 1.42. The van der Waals surface area contributed by atoms with Gasteiger partial charge in [0, 0.05) is 17.8 Å². The molecule has 0 spiro atoms. The SMILES string of the molecule is C1CSC(CNC2CCC3CCCCC3C2)C1. The van der Waals surface area contributed by atoms with Crippen molar-refractivity contribution in [2.24, 2.45) is 11.8 Å². The Morgan fingerprint density at radius 3 is 2.59 bits per heavy atom. The molecule has 2 heteroatoms. The van der Waals surface area contributed by atoms with Crippen molar-refractivity contribution in [1.82, 2.24) is 5.32 Å². The molecule has 1 aliphatic heterocycles. The van der Waals surface area contributed by atoms with Crippen LogP contribution in [0.3, 0.4) is 0 Å². The topological polar surface area (TPSA) is 12.0 Å². The molecule has 17 heavy (non-hydrogen) atoms. The summed E-state index contributed by atoms with van der Waals surface area (Å²) in [5.41, 5.74) is 0. The van der Waals surface area contributed by atoms with E-state index in [1.807, 2.05) is 0 Å². The van der Waals surface area contributed by atoms with Crippen LogP contribution in [0.4, 0.5) is 0 Å². The Labute approximate surface area is 111 Å². The number of hydrogen-bond donors (Lipinski definition) is 1. The van der Waals surface area contributed by atoms with Gasteiger partial charge in [-0.25, -0.2) is 0 Å². The molecule has 2 saturated carbocycles. The average molecular weight is 253 g/mol. The highest BCUT2D eigenvalue weighted by Crippen LogP contribution is 2.40. The smallest absolute Gasteiger partial charge is 0.0172 e. The van der Waals surface area contributed by atoms with E-state index < -0.39 is 0 Å². The zero-order valence-corrected chi connectivity index (χ0v) is 11.8. The average Bonchev–Trinajstić information content (AvgIpc) is 2.89. The van der Waals surface area contributed by atoms with Crippen LogP contribution >= 0.6 is 11.8 Å². The quantitative estimate of drug-likeness (QED) is 0.820. The summed E-state index contributed by atoms with van der Waals surface area (Å²) in [5, 5.41) is 4.81. The van der Waals surface area contributed by atoms with E-state index in [4.69, 9.17) is 0 Å². The first-order valence-corrected chi connectivity index (χ1v) is 8.81. The maximum Gasteiger partial charge on any atom is 0.0172 e. The van der Waals surface area contributed by atoms with Gasteiger partial charge in [-0.3, -0.25) is 0 Å². The second-order valence-electron chi connectivity index (χ2n) is 6.36. The molecule has 1 heterocycles. The van der Waals surface area contributed by atoms with Crippen LogP contribution in [0.1, 0.15) is 57.8 Å². The molecule has 1 saturated heterocycles. The Kier molecular flexibility index (Phi) is 4.34. The lowest BCUT2D eigenvalue weighted by atomic mass is 9.69. The summed E-state index contributed by atoms with van der Waals surface area (Å²) in [6.45, 7) is 1.28. The summed E-state index contributed by atoms with van der Waals surface area (Å²) in [5.74, 6) is 3.58. The molecule has 3 rings (SSSR count). The normalized spacial score (nSPS) is 42.4. The second kappa shape index (κ2) is 5.97. The van der Waals surface area contributed by atoms with Crippen LogP contribution in [0, 0.1) is 11.8 Å². The minimum Gasteiger partial charge on any atom is -0.313 e. The van der Waals surface area contributed by atoms with E-state index in [1.54, 1.807) is 0 Å². The van der Waals surface area contributed by atoms with Gasteiger partial charge in [0.1, 0.15) is 0 Å². The Hall–Kier alpha value is 0.310. The minimum atomic E-state index is 0.857. The van der Waals surface area contributed by atoms with Gasteiger partial charge in [-0.15, -0.1) is 0 Å². The first-order chi connectivity index (χ1) is 8.42. The van der Waals surface area contributed by atoms with Crippen molar-refractivity contribution >= 4 is 11.8 Å². The molecule has 3 fully saturated rings. The zero-order valence-electron chi connectivity index (χ0n) is 11.0. The van der Waals surface area contributed by atoms with Gasteiger partial charge in [0.05, 0.1) is 0 Å². The third kappa shape index (κ3) is 3.20. The molecule has 0 aromatic rings. The molecule has 0 aromatic heterocycles. The molecule has 4 atom stereocenters. The van der Waals surface area contributed by atoms with Gasteiger partial charge in [0.2, 0.25) is 0 Å². The van der Waals surface area contributed by atoms with Crippen LogP contribution in [0.25, 0.3) is 0 Å². The van der Waals surface area contributed by atoms with Crippen LogP contribution in [-0.2, 0) is 0 Å². The number of fused-ring (bicyclic) bond motifs is 1. The highest BCUT2D eigenvalue weighted by Gasteiger charge is 2.32. The summed E-state index contributed by atoms with van der Waals surface area (Å²) in [4.78, 5) is 0. The molecule has 4 unspecified atom stereocenters. The summed E-state index contributed by atoms with van der Waals surface area (Å²) >= 11 is 2.19. The van der Waals surface area contributed by atoms with Crippen LogP contribution in [-0.4, -0.2) is 23.6 Å². The van der Waals surface area contributed by atoms with Crippen molar-refractivity contribution in [3.63, 3.8) is 0 Å². The predicted molar refractivity (Wildman–Crippen MR) is 76.6 cm³/mol. The first kappa shape index (κ1) is 12.3. The molecular weight excluding hydrogens is 226 g/mol. The van der Waals surface area contributed by atoms with Crippen molar-refractivity contribution < 1.29 is 0 Å². The first-order valence-electron chi connectivity index (χ1n) is 7.77. The molecule has 0 bridgehead atoms. The Morgan fingerprint density at radius 2 is 1.76 bits per heavy atom. The largest absolute Gasteiger partial charge is 0.313 e. The fraction of sp³-hybridized carbons (Fsp3) is 1.00. The number of nitrogens with one attached hydrogen (secondary N) is 1.